The third-order valence-electron chi connectivity index (χ3n) is 2.49. The van der Waals surface area contributed by atoms with Gasteiger partial charge in [0.15, 0.2) is 0 Å². The van der Waals surface area contributed by atoms with Crippen LogP contribution in [0.2, 0.25) is 0 Å². The largest absolute Gasteiger partial charge is 0.392 e. The Labute approximate surface area is 78.7 Å². The fourth-order valence-corrected chi connectivity index (χ4v) is 1.39. The fourth-order valence-electron chi connectivity index (χ4n) is 1.39. The van der Waals surface area contributed by atoms with E-state index < -0.39 is 0 Å². The standard InChI is InChI=1S/C9H18N2O2/c1-6(7(2)12)11-8-3-4-9(13)10-5-8/h6-8,11-12H,3-5H2,1-2H3,(H,10,13). The van der Waals surface area contributed by atoms with Gasteiger partial charge in [0.05, 0.1) is 6.10 Å². The quantitative estimate of drug-likeness (QED) is 0.563. The first-order valence-electron chi connectivity index (χ1n) is 4.80. The first-order valence-corrected chi connectivity index (χ1v) is 4.80. The molecule has 0 aromatic carbocycles. The van der Waals surface area contributed by atoms with E-state index in [1.807, 2.05) is 6.92 Å². The summed E-state index contributed by atoms with van der Waals surface area (Å²) >= 11 is 0. The Bertz CT molecular complexity index is 172. The molecule has 0 radical (unpaired) electrons. The van der Waals surface area contributed by atoms with Gasteiger partial charge in [-0.2, -0.15) is 0 Å². The molecule has 1 aliphatic rings. The number of aliphatic hydroxyl groups is 1. The van der Waals surface area contributed by atoms with Crippen molar-refractivity contribution in [3.63, 3.8) is 0 Å². The Morgan fingerprint density at radius 3 is 2.77 bits per heavy atom. The van der Waals surface area contributed by atoms with E-state index in [-0.39, 0.29) is 18.1 Å². The van der Waals surface area contributed by atoms with Crippen molar-refractivity contribution in [3.05, 3.63) is 0 Å². The van der Waals surface area contributed by atoms with E-state index in [0.717, 1.165) is 6.42 Å². The maximum Gasteiger partial charge on any atom is 0.220 e. The van der Waals surface area contributed by atoms with Gasteiger partial charge >= 0.3 is 0 Å². The van der Waals surface area contributed by atoms with Crippen LogP contribution in [0.4, 0.5) is 0 Å². The zero-order chi connectivity index (χ0) is 9.84. The first kappa shape index (κ1) is 10.5. The first-order chi connectivity index (χ1) is 6.09. The second-order valence-electron chi connectivity index (χ2n) is 3.74. The number of carbonyl (C=O) groups is 1. The van der Waals surface area contributed by atoms with Crippen molar-refractivity contribution in [2.75, 3.05) is 6.54 Å². The molecule has 0 spiro atoms. The van der Waals surface area contributed by atoms with E-state index in [1.54, 1.807) is 6.92 Å². The molecule has 0 saturated carbocycles. The Morgan fingerprint density at radius 2 is 2.31 bits per heavy atom. The smallest absolute Gasteiger partial charge is 0.220 e. The number of amides is 1. The van der Waals surface area contributed by atoms with Gasteiger partial charge < -0.3 is 15.7 Å². The average Bonchev–Trinajstić information content (AvgIpc) is 2.08. The zero-order valence-corrected chi connectivity index (χ0v) is 8.21. The molecule has 0 aliphatic carbocycles. The molecule has 1 amide bonds. The van der Waals surface area contributed by atoms with Crippen LogP contribution in [-0.4, -0.2) is 35.7 Å². The molecular weight excluding hydrogens is 168 g/mol. The van der Waals surface area contributed by atoms with Crippen molar-refractivity contribution < 1.29 is 9.90 Å². The van der Waals surface area contributed by atoms with Gasteiger partial charge in [0, 0.05) is 25.0 Å². The molecule has 13 heavy (non-hydrogen) atoms. The third kappa shape index (κ3) is 3.32. The van der Waals surface area contributed by atoms with Crippen molar-refractivity contribution in [3.8, 4) is 0 Å². The van der Waals surface area contributed by atoms with Gasteiger partial charge in [-0.05, 0) is 20.3 Å². The number of piperidine rings is 1. The van der Waals surface area contributed by atoms with Gasteiger partial charge in [-0.25, -0.2) is 0 Å². The second-order valence-corrected chi connectivity index (χ2v) is 3.74. The molecule has 3 N–H and O–H groups in total. The van der Waals surface area contributed by atoms with Crippen LogP contribution >= 0.6 is 0 Å². The molecule has 3 atom stereocenters. The maximum atomic E-state index is 10.8. The SMILES string of the molecule is CC(O)C(C)NC1CCC(=O)NC1. The summed E-state index contributed by atoms with van der Waals surface area (Å²) in [6.07, 6.45) is 1.10. The highest BCUT2D eigenvalue weighted by Gasteiger charge is 2.20. The lowest BCUT2D eigenvalue weighted by Crippen LogP contribution is -2.50. The highest BCUT2D eigenvalue weighted by Crippen LogP contribution is 2.04. The molecule has 1 rings (SSSR count). The summed E-state index contributed by atoms with van der Waals surface area (Å²) in [6, 6.07) is 0.391. The third-order valence-corrected chi connectivity index (χ3v) is 2.49. The normalized spacial score (nSPS) is 27.9. The molecule has 4 nitrogen and oxygen atoms in total. The minimum Gasteiger partial charge on any atom is -0.392 e. The summed E-state index contributed by atoms with van der Waals surface area (Å²) in [4.78, 5) is 10.8. The predicted molar refractivity (Wildman–Crippen MR) is 50.3 cm³/mol. The van der Waals surface area contributed by atoms with Crippen LogP contribution in [-0.2, 0) is 4.79 Å². The molecule has 1 aliphatic heterocycles. The fraction of sp³-hybridized carbons (Fsp3) is 0.889. The number of hydrogen-bond donors (Lipinski definition) is 3. The van der Waals surface area contributed by atoms with Crippen LogP contribution in [0.1, 0.15) is 26.7 Å². The van der Waals surface area contributed by atoms with Crippen LogP contribution in [0.25, 0.3) is 0 Å². The van der Waals surface area contributed by atoms with E-state index >= 15 is 0 Å². The lowest BCUT2D eigenvalue weighted by Gasteiger charge is -2.28. The molecule has 1 fully saturated rings. The molecule has 0 bridgehead atoms. The van der Waals surface area contributed by atoms with Crippen LogP contribution < -0.4 is 10.6 Å². The van der Waals surface area contributed by atoms with E-state index in [0.29, 0.717) is 19.0 Å². The Balaban J connectivity index is 2.26. The Morgan fingerprint density at radius 1 is 1.62 bits per heavy atom. The number of rotatable bonds is 3. The number of carbonyl (C=O) groups excluding carboxylic acids is 1. The Kier molecular flexibility index (Phi) is 3.69. The number of nitrogens with one attached hydrogen (secondary N) is 2. The maximum absolute atomic E-state index is 10.8. The number of hydrogen-bond acceptors (Lipinski definition) is 3. The highest BCUT2D eigenvalue weighted by molar-refractivity contribution is 5.76. The topological polar surface area (TPSA) is 61.4 Å². The molecule has 76 valence electrons. The van der Waals surface area contributed by atoms with Crippen LogP contribution in [0.5, 0.6) is 0 Å². The van der Waals surface area contributed by atoms with E-state index in [9.17, 15) is 9.90 Å². The molecule has 1 saturated heterocycles. The van der Waals surface area contributed by atoms with Gasteiger partial charge in [-0.3, -0.25) is 4.79 Å². The van der Waals surface area contributed by atoms with Crippen LogP contribution in [0, 0.1) is 0 Å². The minimum atomic E-state index is -0.349. The molecule has 3 unspecified atom stereocenters. The summed E-state index contributed by atoms with van der Waals surface area (Å²) in [5, 5.41) is 15.3. The molecule has 1 heterocycles. The number of aliphatic hydroxyl groups excluding tert-OH is 1. The second kappa shape index (κ2) is 4.58. The average molecular weight is 186 g/mol. The minimum absolute atomic E-state index is 0.0833. The zero-order valence-electron chi connectivity index (χ0n) is 8.21. The van der Waals surface area contributed by atoms with Crippen molar-refractivity contribution in [1.82, 2.24) is 10.6 Å². The van der Waals surface area contributed by atoms with Gasteiger partial charge in [0.25, 0.3) is 0 Å². The van der Waals surface area contributed by atoms with E-state index in [1.165, 1.54) is 0 Å². The van der Waals surface area contributed by atoms with Crippen molar-refractivity contribution in [2.24, 2.45) is 0 Å². The van der Waals surface area contributed by atoms with Gasteiger partial charge in [0.2, 0.25) is 5.91 Å². The monoisotopic (exact) mass is 186 g/mol. The highest BCUT2D eigenvalue weighted by atomic mass is 16.3. The summed E-state index contributed by atoms with van der Waals surface area (Å²) < 4.78 is 0. The molecular formula is C9H18N2O2. The van der Waals surface area contributed by atoms with Crippen molar-refractivity contribution in [2.45, 2.75) is 44.9 Å². The van der Waals surface area contributed by atoms with E-state index in [2.05, 4.69) is 10.6 Å². The van der Waals surface area contributed by atoms with Crippen molar-refractivity contribution >= 4 is 5.91 Å². The molecule has 0 aromatic heterocycles. The van der Waals surface area contributed by atoms with Gasteiger partial charge in [-0.15, -0.1) is 0 Å². The summed E-state index contributed by atoms with van der Waals surface area (Å²) in [7, 11) is 0. The Hall–Kier alpha value is -0.610. The summed E-state index contributed by atoms with van der Waals surface area (Å²) in [5.41, 5.74) is 0. The van der Waals surface area contributed by atoms with Crippen molar-refractivity contribution in [1.29, 1.82) is 0 Å². The van der Waals surface area contributed by atoms with Gasteiger partial charge in [0.1, 0.15) is 0 Å². The predicted octanol–water partition coefficient (Wildman–Crippen LogP) is -0.376. The molecule has 0 aromatic rings. The molecule has 4 heteroatoms. The van der Waals surface area contributed by atoms with Gasteiger partial charge in [-0.1, -0.05) is 0 Å². The summed E-state index contributed by atoms with van der Waals surface area (Å²) in [6.45, 7) is 4.38. The van der Waals surface area contributed by atoms with E-state index in [4.69, 9.17) is 0 Å². The lowest BCUT2D eigenvalue weighted by molar-refractivity contribution is -0.122. The summed E-state index contributed by atoms with van der Waals surface area (Å²) in [5.74, 6) is 0.128. The van der Waals surface area contributed by atoms with Crippen LogP contribution in [0.15, 0.2) is 0 Å². The lowest BCUT2D eigenvalue weighted by atomic mass is 10.1. The van der Waals surface area contributed by atoms with Crippen LogP contribution in [0.3, 0.4) is 0 Å².